The SMILES string of the molecule is CN(Cc1cnn(C)c1)c1ccc(NC=C2C(=O)OC(C)(C)OC2=O)cc1. The predicted octanol–water partition coefficient (Wildman–Crippen LogP) is 2.19. The molecule has 0 atom stereocenters. The number of carbonyl (C=O) groups excluding carboxylic acids is 2. The molecule has 1 aromatic heterocycles. The van der Waals surface area contributed by atoms with Gasteiger partial charge in [0.1, 0.15) is 0 Å². The van der Waals surface area contributed by atoms with E-state index >= 15 is 0 Å². The molecule has 0 unspecified atom stereocenters. The Morgan fingerprint density at radius 1 is 1.19 bits per heavy atom. The van der Waals surface area contributed by atoms with Crippen LogP contribution in [0.1, 0.15) is 19.4 Å². The molecule has 1 fully saturated rings. The van der Waals surface area contributed by atoms with Crippen molar-refractivity contribution in [1.29, 1.82) is 0 Å². The second-order valence-corrected chi connectivity index (χ2v) is 6.81. The molecule has 27 heavy (non-hydrogen) atoms. The first kappa shape index (κ1) is 18.5. The standard InChI is InChI=1S/C19H22N4O4/c1-19(2)26-17(24)16(18(25)27-19)10-20-14-5-7-15(8-6-14)22(3)11-13-9-21-23(4)12-13/h5-10,12,20H,11H2,1-4H3. The number of nitrogens with zero attached hydrogens (tertiary/aromatic N) is 3. The zero-order valence-corrected chi connectivity index (χ0v) is 15.7. The molecule has 0 amide bonds. The van der Waals surface area contributed by atoms with Crippen molar-refractivity contribution in [2.45, 2.75) is 26.2 Å². The van der Waals surface area contributed by atoms with Gasteiger partial charge in [-0.05, 0) is 24.3 Å². The number of benzene rings is 1. The van der Waals surface area contributed by atoms with E-state index in [1.165, 1.54) is 20.0 Å². The zero-order valence-electron chi connectivity index (χ0n) is 15.7. The second-order valence-electron chi connectivity index (χ2n) is 6.81. The minimum absolute atomic E-state index is 0.174. The van der Waals surface area contributed by atoms with Crippen LogP contribution in [-0.4, -0.2) is 34.6 Å². The smallest absolute Gasteiger partial charge is 0.350 e. The molecule has 2 aromatic rings. The van der Waals surface area contributed by atoms with Crippen LogP contribution in [0.2, 0.25) is 0 Å². The Morgan fingerprint density at radius 3 is 2.37 bits per heavy atom. The molecule has 0 radical (unpaired) electrons. The number of carbonyl (C=O) groups is 2. The Kier molecular flexibility index (Phi) is 4.89. The fraction of sp³-hybridized carbons (Fsp3) is 0.316. The number of hydrogen-bond acceptors (Lipinski definition) is 7. The zero-order chi connectivity index (χ0) is 19.6. The summed E-state index contributed by atoms with van der Waals surface area (Å²) in [5.74, 6) is -2.67. The molecule has 0 bridgehead atoms. The van der Waals surface area contributed by atoms with Gasteiger partial charge in [0.05, 0.1) is 6.20 Å². The molecule has 0 spiro atoms. The molecule has 1 aliphatic heterocycles. The first-order chi connectivity index (χ1) is 12.7. The normalized spacial score (nSPS) is 15.8. The average Bonchev–Trinajstić information content (AvgIpc) is 2.98. The Morgan fingerprint density at radius 2 is 1.81 bits per heavy atom. The average molecular weight is 370 g/mol. The molecule has 0 aliphatic carbocycles. The van der Waals surface area contributed by atoms with E-state index in [2.05, 4.69) is 15.3 Å². The van der Waals surface area contributed by atoms with Crippen LogP contribution in [-0.2, 0) is 32.7 Å². The lowest BCUT2D eigenvalue weighted by Gasteiger charge is -2.29. The van der Waals surface area contributed by atoms with Crippen LogP contribution in [0.3, 0.4) is 0 Å². The molecule has 1 N–H and O–H groups in total. The number of aryl methyl sites for hydroxylation is 1. The molecule has 1 saturated heterocycles. The highest BCUT2D eigenvalue weighted by molar-refractivity contribution is 6.15. The van der Waals surface area contributed by atoms with Crippen molar-refractivity contribution in [1.82, 2.24) is 9.78 Å². The maximum Gasteiger partial charge on any atom is 0.350 e. The van der Waals surface area contributed by atoms with Crippen molar-refractivity contribution in [2.75, 3.05) is 17.3 Å². The topological polar surface area (TPSA) is 85.7 Å². The van der Waals surface area contributed by atoms with E-state index in [4.69, 9.17) is 9.47 Å². The van der Waals surface area contributed by atoms with E-state index in [-0.39, 0.29) is 5.57 Å². The minimum atomic E-state index is -1.24. The van der Waals surface area contributed by atoms with E-state index in [1.807, 2.05) is 50.8 Å². The minimum Gasteiger partial charge on any atom is -0.419 e. The molecule has 1 aromatic carbocycles. The third kappa shape index (κ3) is 4.46. The molecule has 2 heterocycles. The number of hydrogen-bond donors (Lipinski definition) is 1. The van der Waals surface area contributed by atoms with Gasteiger partial charge in [-0.25, -0.2) is 9.59 Å². The fourth-order valence-corrected chi connectivity index (χ4v) is 2.66. The number of cyclic esters (lactones) is 2. The Hall–Kier alpha value is -3.29. The maximum atomic E-state index is 11.9. The highest BCUT2D eigenvalue weighted by Crippen LogP contribution is 2.23. The Bertz CT molecular complexity index is 861. The summed E-state index contributed by atoms with van der Waals surface area (Å²) in [5, 5.41) is 7.09. The molecular weight excluding hydrogens is 348 g/mol. The first-order valence-corrected chi connectivity index (χ1v) is 8.46. The monoisotopic (exact) mass is 370 g/mol. The highest BCUT2D eigenvalue weighted by Gasteiger charge is 2.38. The lowest BCUT2D eigenvalue weighted by atomic mass is 10.2. The highest BCUT2D eigenvalue weighted by atomic mass is 16.7. The summed E-state index contributed by atoms with van der Waals surface area (Å²) in [5.41, 5.74) is 2.69. The summed E-state index contributed by atoms with van der Waals surface area (Å²) in [4.78, 5) is 25.9. The van der Waals surface area contributed by atoms with Crippen LogP contribution in [0.4, 0.5) is 11.4 Å². The lowest BCUT2D eigenvalue weighted by Crippen LogP contribution is -2.42. The summed E-state index contributed by atoms with van der Waals surface area (Å²) < 4.78 is 11.9. The van der Waals surface area contributed by atoms with Gasteiger partial charge < -0.3 is 19.7 Å². The Balaban J connectivity index is 1.64. The van der Waals surface area contributed by atoms with Crippen molar-refractivity contribution < 1.29 is 19.1 Å². The molecule has 3 rings (SSSR count). The van der Waals surface area contributed by atoms with E-state index < -0.39 is 17.7 Å². The summed E-state index contributed by atoms with van der Waals surface area (Å²) in [7, 11) is 3.88. The van der Waals surface area contributed by atoms with Crippen LogP contribution in [0.15, 0.2) is 48.4 Å². The number of rotatable bonds is 5. The van der Waals surface area contributed by atoms with Crippen molar-refractivity contribution in [2.24, 2.45) is 7.05 Å². The number of esters is 2. The second kappa shape index (κ2) is 7.14. The van der Waals surface area contributed by atoms with Crippen LogP contribution in [0, 0.1) is 0 Å². The number of nitrogens with one attached hydrogen (secondary N) is 1. The van der Waals surface area contributed by atoms with Gasteiger partial charge in [0.2, 0.25) is 0 Å². The molecule has 0 saturated carbocycles. The van der Waals surface area contributed by atoms with Gasteiger partial charge in [-0.2, -0.15) is 5.10 Å². The summed E-state index contributed by atoms with van der Waals surface area (Å²) in [6, 6.07) is 7.60. The van der Waals surface area contributed by atoms with Crippen molar-refractivity contribution in [3.05, 3.63) is 54.0 Å². The molecule has 142 valence electrons. The van der Waals surface area contributed by atoms with Crippen molar-refractivity contribution in [3.8, 4) is 0 Å². The Labute approximate surface area is 157 Å². The van der Waals surface area contributed by atoms with Crippen LogP contribution >= 0.6 is 0 Å². The van der Waals surface area contributed by atoms with Crippen molar-refractivity contribution in [3.63, 3.8) is 0 Å². The van der Waals surface area contributed by atoms with E-state index in [0.29, 0.717) is 0 Å². The summed E-state index contributed by atoms with van der Waals surface area (Å²) in [6.07, 6.45) is 5.11. The third-order valence-electron chi connectivity index (χ3n) is 3.99. The van der Waals surface area contributed by atoms with Crippen molar-refractivity contribution >= 4 is 23.3 Å². The first-order valence-electron chi connectivity index (χ1n) is 8.46. The van der Waals surface area contributed by atoms with E-state index in [1.54, 1.807) is 4.68 Å². The van der Waals surface area contributed by atoms with E-state index in [0.717, 1.165) is 23.5 Å². The predicted molar refractivity (Wildman–Crippen MR) is 99.7 cm³/mol. The fourth-order valence-electron chi connectivity index (χ4n) is 2.66. The van der Waals surface area contributed by atoms with Gasteiger partial charge in [-0.15, -0.1) is 0 Å². The van der Waals surface area contributed by atoms with Gasteiger partial charge in [0.15, 0.2) is 5.57 Å². The van der Waals surface area contributed by atoms with Gasteiger partial charge in [0.25, 0.3) is 5.79 Å². The van der Waals surface area contributed by atoms with Crippen LogP contribution < -0.4 is 10.2 Å². The lowest BCUT2D eigenvalue weighted by molar-refractivity contribution is -0.222. The number of ether oxygens (including phenoxy) is 2. The summed E-state index contributed by atoms with van der Waals surface area (Å²) in [6.45, 7) is 3.75. The van der Waals surface area contributed by atoms with Crippen LogP contribution in [0.25, 0.3) is 0 Å². The molecular formula is C19H22N4O4. The third-order valence-corrected chi connectivity index (χ3v) is 3.99. The summed E-state index contributed by atoms with van der Waals surface area (Å²) >= 11 is 0. The van der Waals surface area contributed by atoms with Gasteiger partial charge in [0, 0.05) is 63.8 Å². The number of anilines is 2. The van der Waals surface area contributed by atoms with Gasteiger partial charge in [-0.1, -0.05) is 0 Å². The molecule has 8 heteroatoms. The molecule has 1 aliphatic rings. The van der Waals surface area contributed by atoms with Crippen LogP contribution in [0.5, 0.6) is 0 Å². The van der Waals surface area contributed by atoms with Gasteiger partial charge in [-0.3, -0.25) is 4.68 Å². The quantitative estimate of drug-likeness (QED) is 0.490. The maximum absolute atomic E-state index is 11.9. The van der Waals surface area contributed by atoms with Gasteiger partial charge >= 0.3 is 11.9 Å². The largest absolute Gasteiger partial charge is 0.419 e. The molecule has 8 nitrogen and oxygen atoms in total. The van der Waals surface area contributed by atoms with E-state index in [9.17, 15) is 9.59 Å². The number of aromatic nitrogens is 2.